The van der Waals surface area contributed by atoms with Crippen LogP contribution in [0.3, 0.4) is 0 Å². The molecule has 1 rings (SSSR count). The first-order valence-corrected chi connectivity index (χ1v) is 7.04. The monoisotopic (exact) mass is 307 g/mol. The van der Waals surface area contributed by atoms with Crippen molar-refractivity contribution in [2.75, 3.05) is 13.2 Å². The van der Waals surface area contributed by atoms with Crippen LogP contribution in [0.4, 0.5) is 4.39 Å². The normalized spacial score (nSPS) is 13.6. The Balaban J connectivity index is 2.73. The lowest BCUT2D eigenvalue weighted by Gasteiger charge is -2.27. The van der Waals surface area contributed by atoms with Gasteiger partial charge in [-0.25, -0.2) is 4.39 Å². The van der Waals surface area contributed by atoms with Crippen molar-refractivity contribution >= 4 is 23.2 Å². The maximum Gasteiger partial charge on any atom is 0.142 e. The molecule has 0 amide bonds. The van der Waals surface area contributed by atoms with Gasteiger partial charge in [0.2, 0.25) is 0 Å². The number of hydrogen-bond donors (Lipinski definition) is 1. The molecule has 0 aliphatic heterocycles. The summed E-state index contributed by atoms with van der Waals surface area (Å²) in [6.07, 6.45) is 0. The van der Waals surface area contributed by atoms with Crippen molar-refractivity contribution in [1.82, 2.24) is 5.32 Å². The van der Waals surface area contributed by atoms with Crippen molar-refractivity contribution in [3.05, 3.63) is 33.6 Å². The molecule has 1 atom stereocenters. The lowest BCUT2D eigenvalue weighted by atomic mass is 10.1. The molecule has 0 bridgehead atoms. The van der Waals surface area contributed by atoms with Crippen LogP contribution in [0.2, 0.25) is 10.0 Å². The molecule has 108 valence electrons. The molecule has 5 heteroatoms. The van der Waals surface area contributed by atoms with E-state index in [4.69, 9.17) is 27.9 Å². The second-order valence-electron chi connectivity index (χ2n) is 5.08. The number of halogens is 3. The minimum Gasteiger partial charge on any atom is -0.375 e. The average Bonchev–Trinajstić information content (AvgIpc) is 2.31. The van der Waals surface area contributed by atoms with Gasteiger partial charge in [0.25, 0.3) is 0 Å². The summed E-state index contributed by atoms with van der Waals surface area (Å²) >= 11 is 11.8. The van der Waals surface area contributed by atoms with Crippen molar-refractivity contribution in [3.8, 4) is 0 Å². The van der Waals surface area contributed by atoms with E-state index in [1.165, 1.54) is 12.1 Å². The fraction of sp³-hybridized carbons (Fsp3) is 0.571. The lowest BCUT2D eigenvalue weighted by Crippen LogP contribution is -2.38. The summed E-state index contributed by atoms with van der Waals surface area (Å²) in [5, 5.41) is 3.79. The van der Waals surface area contributed by atoms with E-state index in [-0.39, 0.29) is 16.7 Å². The number of hydrogen-bond acceptors (Lipinski definition) is 2. The fourth-order valence-corrected chi connectivity index (χ4v) is 2.37. The zero-order chi connectivity index (χ0) is 14.6. The van der Waals surface area contributed by atoms with Crippen LogP contribution < -0.4 is 5.32 Å². The smallest absolute Gasteiger partial charge is 0.142 e. The van der Waals surface area contributed by atoms with E-state index in [1.54, 1.807) is 0 Å². The molecule has 0 aliphatic carbocycles. The van der Waals surface area contributed by atoms with Crippen molar-refractivity contribution in [1.29, 1.82) is 0 Å². The predicted octanol–water partition coefficient (Wildman–Crippen LogP) is 4.60. The minimum atomic E-state index is -0.459. The molecule has 1 unspecified atom stereocenters. The highest BCUT2D eigenvalue weighted by Gasteiger charge is 2.20. The van der Waals surface area contributed by atoms with Crippen LogP contribution in [0.25, 0.3) is 0 Å². The standard InChI is InChI=1S/C14H20Cl2FNO/c1-5-19-14(3,4)8-18-9(2)10-6-13(17)12(16)7-11(10)15/h6-7,9,18H,5,8H2,1-4H3. The molecule has 1 aromatic carbocycles. The van der Waals surface area contributed by atoms with Gasteiger partial charge in [-0.05, 0) is 45.4 Å². The highest BCUT2D eigenvalue weighted by atomic mass is 35.5. The molecule has 0 aliphatic rings. The van der Waals surface area contributed by atoms with Crippen LogP contribution in [-0.4, -0.2) is 18.8 Å². The zero-order valence-electron chi connectivity index (χ0n) is 11.7. The summed E-state index contributed by atoms with van der Waals surface area (Å²) in [5.41, 5.74) is 0.413. The third-order valence-electron chi connectivity index (χ3n) is 2.88. The Hall–Kier alpha value is -0.350. The van der Waals surface area contributed by atoms with Crippen molar-refractivity contribution in [3.63, 3.8) is 0 Å². The first-order valence-electron chi connectivity index (χ1n) is 6.28. The van der Waals surface area contributed by atoms with E-state index in [9.17, 15) is 4.39 Å². The summed E-state index contributed by atoms with van der Waals surface area (Å²) in [7, 11) is 0. The van der Waals surface area contributed by atoms with Crippen LogP contribution in [-0.2, 0) is 4.74 Å². The molecular weight excluding hydrogens is 288 g/mol. The van der Waals surface area contributed by atoms with Gasteiger partial charge in [-0.1, -0.05) is 23.2 Å². The van der Waals surface area contributed by atoms with E-state index >= 15 is 0 Å². The number of nitrogens with one attached hydrogen (secondary N) is 1. The number of ether oxygens (including phenoxy) is 1. The Kier molecular flexibility index (Phi) is 6.06. The van der Waals surface area contributed by atoms with Gasteiger partial charge >= 0.3 is 0 Å². The first-order chi connectivity index (χ1) is 8.76. The average molecular weight is 308 g/mol. The molecule has 2 nitrogen and oxygen atoms in total. The minimum absolute atomic E-state index is 0.0376. The topological polar surface area (TPSA) is 21.3 Å². The van der Waals surface area contributed by atoms with E-state index in [2.05, 4.69) is 5.32 Å². The van der Waals surface area contributed by atoms with Crippen LogP contribution in [0.1, 0.15) is 39.3 Å². The predicted molar refractivity (Wildman–Crippen MR) is 78.5 cm³/mol. The third kappa shape index (κ3) is 4.92. The Morgan fingerprint density at radius 2 is 1.95 bits per heavy atom. The summed E-state index contributed by atoms with van der Waals surface area (Å²) in [6.45, 7) is 9.18. The van der Waals surface area contributed by atoms with Crippen LogP contribution in [0.5, 0.6) is 0 Å². The Morgan fingerprint density at radius 3 is 2.53 bits per heavy atom. The van der Waals surface area contributed by atoms with Crippen molar-refractivity contribution in [2.45, 2.75) is 39.3 Å². The molecule has 0 aromatic heterocycles. The van der Waals surface area contributed by atoms with E-state index in [0.29, 0.717) is 23.7 Å². The second-order valence-corrected chi connectivity index (χ2v) is 5.90. The molecule has 0 saturated heterocycles. The van der Waals surface area contributed by atoms with Crippen molar-refractivity contribution in [2.24, 2.45) is 0 Å². The molecule has 1 aromatic rings. The number of benzene rings is 1. The molecule has 0 radical (unpaired) electrons. The van der Waals surface area contributed by atoms with Crippen molar-refractivity contribution < 1.29 is 9.13 Å². The van der Waals surface area contributed by atoms with Gasteiger partial charge in [0.1, 0.15) is 5.82 Å². The first kappa shape index (κ1) is 16.7. The summed E-state index contributed by atoms with van der Waals surface area (Å²) in [4.78, 5) is 0. The van der Waals surface area contributed by atoms with Gasteiger partial charge in [0.05, 0.1) is 10.6 Å². The fourth-order valence-electron chi connectivity index (χ4n) is 1.82. The lowest BCUT2D eigenvalue weighted by molar-refractivity contribution is -0.0103. The Bertz CT molecular complexity index is 438. The highest BCUT2D eigenvalue weighted by Crippen LogP contribution is 2.28. The Labute approximate surface area is 124 Å². The summed E-state index contributed by atoms with van der Waals surface area (Å²) in [5.74, 6) is -0.459. The molecular formula is C14H20Cl2FNO. The van der Waals surface area contributed by atoms with Gasteiger partial charge in [0.15, 0.2) is 0 Å². The number of rotatable bonds is 6. The molecule has 1 N–H and O–H groups in total. The van der Waals surface area contributed by atoms with Gasteiger partial charge in [-0.2, -0.15) is 0 Å². The molecule has 0 heterocycles. The maximum absolute atomic E-state index is 13.5. The molecule has 0 spiro atoms. The molecule has 0 fully saturated rings. The summed E-state index contributed by atoms with van der Waals surface area (Å²) in [6, 6.07) is 2.72. The van der Waals surface area contributed by atoms with E-state index in [0.717, 1.165) is 0 Å². The van der Waals surface area contributed by atoms with Crippen LogP contribution in [0, 0.1) is 5.82 Å². The summed E-state index contributed by atoms with van der Waals surface area (Å²) < 4.78 is 19.1. The molecule has 0 saturated carbocycles. The van der Waals surface area contributed by atoms with Crippen LogP contribution >= 0.6 is 23.2 Å². The van der Waals surface area contributed by atoms with Gasteiger partial charge in [-0.3, -0.25) is 0 Å². The van der Waals surface area contributed by atoms with E-state index < -0.39 is 5.82 Å². The SMILES string of the molecule is CCOC(C)(C)CNC(C)c1cc(F)c(Cl)cc1Cl. The highest BCUT2D eigenvalue weighted by molar-refractivity contribution is 6.35. The van der Waals surface area contributed by atoms with E-state index in [1.807, 2.05) is 27.7 Å². The largest absolute Gasteiger partial charge is 0.375 e. The van der Waals surface area contributed by atoms with Gasteiger partial charge < -0.3 is 10.1 Å². The quantitative estimate of drug-likeness (QED) is 0.776. The van der Waals surface area contributed by atoms with Gasteiger partial charge in [-0.15, -0.1) is 0 Å². The second kappa shape index (κ2) is 6.89. The third-order valence-corrected chi connectivity index (χ3v) is 3.49. The zero-order valence-corrected chi connectivity index (χ0v) is 13.2. The Morgan fingerprint density at radius 1 is 1.32 bits per heavy atom. The molecule has 19 heavy (non-hydrogen) atoms. The maximum atomic E-state index is 13.5. The van der Waals surface area contributed by atoms with Crippen LogP contribution in [0.15, 0.2) is 12.1 Å². The van der Waals surface area contributed by atoms with Gasteiger partial charge in [0, 0.05) is 24.2 Å².